The van der Waals surface area contributed by atoms with Crippen LogP contribution in [0.4, 0.5) is 5.82 Å². The number of rotatable bonds is 2. The van der Waals surface area contributed by atoms with Crippen molar-refractivity contribution in [3.05, 3.63) is 59.0 Å². The number of aryl methyl sites for hydroxylation is 2. The molecule has 1 aliphatic rings. The summed E-state index contributed by atoms with van der Waals surface area (Å²) >= 11 is 0. The molecule has 1 aliphatic heterocycles. The van der Waals surface area contributed by atoms with Crippen molar-refractivity contribution in [3.63, 3.8) is 0 Å². The second-order valence-electron chi connectivity index (χ2n) is 6.87. The molecule has 0 spiro atoms. The van der Waals surface area contributed by atoms with Gasteiger partial charge in [-0.05, 0) is 43.7 Å². The Balaban J connectivity index is 1.69. The van der Waals surface area contributed by atoms with Crippen LogP contribution in [0.15, 0.2) is 36.4 Å². The van der Waals surface area contributed by atoms with Gasteiger partial charge in [0, 0.05) is 17.9 Å². The molecule has 1 atom stereocenters. The van der Waals surface area contributed by atoms with Gasteiger partial charge in [-0.1, -0.05) is 12.1 Å². The van der Waals surface area contributed by atoms with Gasteiger partial charge in [-0.15, -0.1) is 15.3 Å². The lowest BCUT2D eigenvalue weighted by Crippen LogP contribution is -2.25. The van der Waals surface area contributed by atoms with Crippen molar-refractivity contribution in [2.45, 2.75) is 26.2 Å². The Morgan fingerprint density at radius 1 is 1.14 bits per heavy atom. The van der Waals surface area contributed by atoms with Crippen molar-refractivity contribution in [3.8, 4) is 11.6 Å². The lowest BCUT2D eigenvalue weighted by Gasteiger charge is -2.24. The molecule has 2 N–H and O–H groups in total. The number of carbonyl (C=O) groups excluding carboxylic acids is 1. The largest absolute Gasteiger partial charge is 0.508 e. The van der Waals surface area contributed by atoms with Crippen LogP contribution in [0.1, 0.15) is 35.0 Å². The number of hydrogen-bond donors (Lipinski definition) is 2. The number of aromatic nitrogens is 6. The zero-order valence-corrected chi connectivity index (χ0v) is 15.3. The molecule has 4 aromatic rings. The Labute approximate surface area is 159 Å². The quantitative estimate of drug-likeness (QED) is 0.555. The maximum absolute atomic E-state index is 12.5. The summed E-state index contributed by atoms with van der Waals surface area (Å²) in [4.78, 5) is 12.5. The number of amides is 1. The normalized spacial score (nSPS) is 16.2. The highest BCUT2D eigenvalue weighted by atomic mass is 16.3. The molecule has 0 saturated carbocycles. The highest BCUT2D eigenvalue weighted by Crippen LogP contribution is 2.40. The number of carbonyl (C=O) groups is 1. The number of fused-ring (bicyclic) bond motifs is 2. The summed E-state index contributed by atoms with van der Waals surface area (Å²) in [6.07, 6.45) is 0.292. The van der Waals surface area contributed by atoms with Crippen LogP contribution in [0, 0.1) is 13.8 Å². The summed E-state index contributed by atoms with van der Waals surface area (Å²) < 4.78 is 3.27. The van der Waals surface area contributed by atoms with Crippen molar-refractivity contribution in [1.82, 2.24) is 29.6 Å². The molecule has 28 heavy (non-hydrogen) atoms. The first-order valence-corrected chi connectivity index (χ1v) is 8.89. The van der Waals surface area contributed by atoms with Crippen molar-refractivity contribution < 1.29 is 9.90 Å². The standard InChI is InChI=1S/C19H17N7O2/c1-10-18-14(12-4-3-5-13(27)8-12)9-17(28)20-19(18)26(23-10)16-7-6-15-22-21-11(2)25(15)24-16/h3-8,14,27H,9H2,1-2H3,(H,20,28). The lowest BCUT2D eigenvalue weighted by molar-refractivity contribution is -0.116. The van der Waals surface area contributed by atoms with Gasteiger partial charge in [0.15, 0.2) is 17.3 Å². The van der Waals surface area contributed by atoms with Gasteiger partial charge in [-0.3, -0.25) is 4.79 Å². The van der Waals surface area contributed by atoms with Crippen LogP contribution in [0.3, 0.4) is 0 Å². The first kappa shape index (κ1) is 16.4. The highest BCUT2D eigenvalue weighted by molar-refractivity contribution is 5.95. The molecule has 9 heteroatoms. The van der Waals surface area contributed by atoms with Gasteiger partial charge in [-0.25, -0.2) is 0 Å². The van der Waals surface area contributed by atoms with E-state index < -0.39 is 0 Å². The third kappa shape index (κ3) is 2.43. The Morgan fingerprint density at radius 2 is 2.00 bits per heavy atom. The minimum atomic E-state index is -0.190. The van der Waals surface area contributed by atoms with Gasteiger partial charge in [0.1, 0.15) is 11.6 Å². The lowest BCUT2D eigenvalue weighted by atomic mass is 9.86. The zero-order valence-electron chi connectivity index (χ0n) is 15.3. The second-order valence-corrected chi connectivity index (χ2v) is 6.87. The van der Waals surface area contributed by atoms with Gasteiger partial charge in [0.2, 0.25) is 5.91 Å². The predicted molar refractivity (Wildman–Crippen MR) is 101 cm³/mol. The molecule has 5 rings (SSSR count). The Hall–Kier alpha value is -3.75. The van der Waals surface area contributed by atoms with E-state index in [9.17, 15) is 9.90 Å². The molecule has 9 nitrogen and oxygen atoms in total. The molecule has 0 bridgehead atoms. The van der Waals surface area contributed by atoms with Crippen LogP contribution in [-0.4, -0.2) is 40.6 Å². The van der Waals surface area contributed by atoms with Crippen LogP contribution in [0.25, 0.3) is 11.5 Å². The molecule has 4 heterocycles. The summed E-state index contributed by atoms with van der Waals surface area (Å²) in [5.41, 5.74) is 3.23. The van der Waals surface area contributed by atoms with Crippen molar-refractivity contribution in [2.24, 2.45) is 0 Å². The van der Waals surface area contributed by atoms with Crippen molar-refractivity contribution in [1.29, 1.82) is 0 Å². The number of nitrogens with zero attached hydrogens (tertiary/aromatic N) is 6. The molecule has 0 fully saturated rings. The average molecular weight is 375 g/mol. The van der Waals surface area contributed by atoms with Crippen LogP contribution < -0.4 is 5.32 Å². The van der Waals surface area contributed by atoms with E-state index in [1.165, 1.54) is 0 Å². The monoisotopic (exact) mass is 375 g/mol. The smallest absolute Gasteiger partial charge is 0.226 e. The maximum atomic E-state index is 12.5. The van der Waals surface area contributed by atoms with Crippen LogP contribution in [0.2, 0.25) is 0 Å². The SMILES string of the molecule is Cc1nn(-c2ccc3nnc(C)n3n2)c2c1C(c1cccc(O)c1)CC(=O)N2. The number of aromatic hydroxyl groups is 1. The third-order valence-electron chi connectivity index (χ3n) is 5.00. The van der Waals surface area contributed by atoms with E-state index in [1.54, 1.807) is 33.5 Å². The summed E-state index contributed by atoms with van der Waals surface area (Å²) in [7, 11) is 0. The van der Waals surface area contributed by atoms with Crippen LogP contribution in [0.5, 0.6) is 5.75 Å². The Morgan fingerprint density at radius 3 is 2.82 bits per heavy atom. The van der Waals surface area contributed by atoms with Gasteiger partial charge in [0.05, 0.1) is 5.69 Å². The number of nitrogens with one attached hydrogen (secondary N) is 1. The number of hydrogen-bond acceptors (Lipinski definition) is 6. The fraction of sp³-hybridized carbons (Fsp3) is 0.211. The first-order chi connectivity index (χ1) is 13.5. The summed E-state index contributed by atoms with van der Waals surface area (Å²) in [5, 5.41) is 30.1. The average Bonchev–Trinajstić information content (AvgIpc) is 3.21. The predicted octanol–water partition coefficient (Wildman–Crippen LogP) is 2.11. The second kappa shape index (κ2) is 5.88. The third-order valence-corrected chi connectivity index (χ3v) is 5.00. The zero-order chi connectivity index (χ0) is 19.4. The van der Waals surface area contributed by atoms with Gasteiger partial charge < -0.3 is 10.4 Å². The molecule has 0 saturated heterocycles. The van der Waals surface area contributed by atoms with Gasteiger partial charge in [-0.2, -0.15) is 14.3 Å². The molecule has 1 amide bonds. The topological polar surface area (TPSA) is 110 Å². The molecular weight excluding hydrogens is 358 g/mol. The Bertz CT molecular complexity index is 1240. The summed E-state index contributed by atoms with van der Waals surface area (Å²) in [6, 6.07) is 10.6. The van der Waals surface area contributed by atoms with E-state index in [0.29, 0.717) is 29.5 Å². The van der Waals surface area contributed by atoms with Crippen LogP contribution in [-0.2, 0) is 4.79 Å². The van der Waals surface area contributed by atoms with Crippen LogP contribution >= 0.6 is 0 Å². The molecular formula is C19H17N7O2. The fourth-order valence-electron chi connectivity index (χ4n) is 3.74. The van der Waals surface area contributed by atoms with Gasteiger partial charge >= 0.3 is 0 Å². The highest BCUT2D eigenvalue weighted by Gasteiger charge is 2.33. The molecule has 0 aliphatic carbocycles. The summed E-state index contributed by atoms with van der Waals surface area (Å²) in [5.74, 6) is 1.69. The maximum Gasteiger partial charge on any atom is 0.226 e. The van der Waals surface area contributed by atoms with E-state index in [4.69, 9.17) is 0 Å². The van der Waals surface area contributed by atoms with Crippen molar-refractivity contribution >= 4 is 17.4 Å². The van der Waals surface area contributed by atoms with Gasteiger partial charge in [0.25, 0.3) is 0 Å². The fourth-order valence-corrected chi connectivity index (χ4v) is 3.74. The number of phenols is 1. The molecule has 1 unspecified atom stereocenters. The molecule has 3 aromatic heterocycles. The molecule has 0 radical (unpaired) electrons. The number of anilines is 1. The van der Waals surface area contributed by atoms with E-state index in [1.807, 2.05) is 26.0 Å². The summed E-state index contributed by atoms with van der Waals surface area (Å²) in [6.45, 7) is 3.73. The number of benzene rings is 1. The molecule has 140 valence electrons. The van der Waals surface area contributed by atoms with Crippen molar-refractivity contribution in [2.75, 3.05) is 5.32 Å². The minimum Gasteiger partial charge on any atom is -0.508 e. The first-order valence-electron chi connectivity index (χ1n) is 8.89. The van der Waals surface area contributed by atoms with E-state index in [-0.39, 0.29) is 17.6 Å². The van der Waals surface area contributed by atoms with E-state index >= 15 is 0 Å². The molecule has 1 aromatic carbocycles. The minimum absolute atomic E-state index is 0.108. The Kier molecular flexibility index (Phi) is 3.45. The van der Waals surface area contributed by atoms with E-state index in [0.717, 1.165) is 16.8 Å². The van der Waals surface area contributed by atoms with E-state index in [2.05, 4.69) is 25.7 Å². The number of phenolic OH excluding ortho intramolecular Hbond substituents is 1.